The quantitative estimate of drug-likeness (QED) is 0.196. The molecule has 1 amide bonds. The number of alkyl halides is 2. The SMILES string of the molecule is O=C(NC(CO)C(O)c1ccc([N+](=O)[O-])cc1)C(Cl)Cl.O=C(O)CCCC(=O)O. The van der Waals surface area contributed by atoms with Crippen LogP contribution in [0.2, 0.25) is 0 Å². The lowest BCUT2D eigenvalue weighted by Crippen LogP contribution is -2.44. The van der Waals surface area contributed by atoms with Crippen LogP contribution in [0.4, 0.5) is 5.69 Å². The molecule has 0 aromatic heterocycles. The topological polar surface area (TPSA) is 187 Å². The molecule has 0 spiro atoms. The van der Waals surface area contributed by atoms with Gasteiger partial charge in [0.2, 0.25) is 0 Å². The minimum Gasteiger partial charge on any atom is -0.481 e. The molecular formula is C16H20Cl2N2O9. The maximum absolute atomic E-state index is 11.3. The average Bonchev–Trinajstić information content (AvgIpc) is 2.65. The van der Waals surface area contributed by atoms with Crippen molar-refractivity contribution in [2.75, 3.05) is 6.61 Å². The average molecular weight is 455 g/mol. The molecule has 0 heterocycles. The number of non-ortho nitro benzene ring substituents is 1. The number of hydrogen-bond donors (Lipinski definition) is 5. The van der Waals surface area contributed by atoms with Crippen LogP contribution >= 0.6 is 23.2 Å². The van der Waals surface area contributed by atoms with Crippen LogP contribution in [0.1, 0.15) is 30.9 Å². The lowest BCUT2D eigenvalue weighted by molar-refractivity contribution is -0.384. The number of aliphatic hydroxyl groups is 2. The van der Waals surface area contributed by atoms with Gasteiger partial charge in [0.25, 0.3) is 11.6 Å². The van der Waals surface area contributed by atoms with E-state index in [2.05, 4.69) is 5.32 Å². The van der Waals surface area contributed by atoms with E-state index in [1.165, 1.54) is 24.3 Å². The zero-order valence-corrected chi connectivity index (χ0v) is 16.4. The maximum Gasteiger partial charge on any atom is 0.303 e. The summed E-state index contributed by atoms with van der Waals surface area (Å²) in [5.74, 6) is -2.65. The fourth-order valence-corrected chi connectivity index (χ4v) is 2.01. The standard InChI is InChI=1S/C11H12Cl2N2O5.C5H8O4/c12-10(13)11(18)14-8(5-16)9(17)6-1-3-7(4-2-6)15(19)20;6-4(7)2-1-3-5(8)9/h1-4,8-10,16-17H,5H2,(H,14,18);1-3H2,(H,6,7)(H,8,9). The van der Waals surface area contributed by atoms with E-state index in [0.717, 1.165) is 0 Å². The van der Waals surface area contributed by atoms with Crippen LogP contribution in [0.3, 0.4) is 0 Å². The Bertz CT molecular complexity index is 684. The van der Waals surface area contributed by atoms with E-state index in [-0.39, 0.29) is 24.9 Å². The van der Waals surface area contributed by atoms with Crippen molar-refractivity contribution in [3.05, 3.63) is 39.9 Å². The third-order valence-corrected chi connectivity index (χ3v) is 3.73. The number of nitro benzene ring substituents is 1. The number of aliphatic carboxylic acids is 2. The molecule has 162 valence electrons. The van der Waals surface area contributed by atoms with Gasteiger partial charge in [-0.2, -0.15) is 0 Å². The van der Waals surface area contributed by atoms with Crippen LogP contribution in [0, 0.1) is 10.1 Å². The number of carboxylic acids is 2. The first-order valence-corrected chi connectivity index (χ1v) is 8.92. The van der Waals surface area contributed by atoms with Crippen molar-refractivity contribution >= 4 is 46.7 Å². The Balaban J connectivity index is 0.000000734. The summed E-state index contributed by atoms with van der Waals surface area (Å²) < 4.78 is 0. The largest absolute Gasteiger partial charge is 0.481 e. The first kappa shape index (κ1) is 26.5. The smallest absolute Gasteiger partial charge is 0.303 e. The van der Waals surface area contributed by atoms with E-state index in [1.807, 2.05) is 0 Å². The Morgan fingerprint density at radius 2 is 1.55 bits per heavy atom. The van der Waals surface area contributed by atoms with Gasteiger partial charge in [-0.05, 0) is 24.1 Å². The predicted octanol–water partition coefficient (Wildman–Crippen LogP) is 1.23. The first-order chi connectivity index (χ1) is 13.5. The van der Waals surface area contributed by atoms with Crippen molar-refractivity contribution < 1.29 is 39.7 Å². The maximum atomic E-state index is 11.3. The van der Waals surface area contributed by atoms with E-state index in [1.54, 1.807) is 0 Å². The van der Waals surface area contributed by atoms with Crippen molar-refractivity contribution in [2.45, 2.75) is 36.2 Å². The molecular weight excluding hydrogens is 435 g/mol. The van der Waals surface area contributed by atoms with Gasteiger partial charge in [0.15, 0.2) is 4.84 Å². The molecule has 13 heteroatoms. The van der Waals surface area contributed by atoms with Crippen molar-refractivity contribution in [3.8, 4) is 0 Å². The van der Waals surface area contributed by atoms with Crippen LogP contribution in [0.15, 0.2) is 24.3 Å². The third kappa shape index (κ3) is 11.2. The number of carbonyl (C=O) groups is 3. The highest BCUT2D eigenvalue weighted by atomic mass is 35.5. The molecule has 0 saturated heterocycles. The number of hydrogen-bond acceptors (Lipinski definition) is 7. The molecule has 2 atom stereocenters. The Kier molecular flexibility index (Phi) is 12.5. The van der Waals surface area contributed by atoms with Crippen molar-refractivity contribution in [2.24, 2.45) is 0 Å². The van der Waals surface area contributed by atoms with Crippen LogP contribution in [0.5, 0.6) is 0 Å². The number of carbonyl (C=O) groups excluding carboxylic acids is 1. The van der Waals surface area contributed by atoms with E-state index in [0.29, 0.717) is 5.56 Å². The second kappa shape index (κ2) is 13.7. The predicted molar refractivity (Wildman–Crippen MR) is 102 cm³/mol. The number of amides is 1. The number of nitrogens with zero attached hydrogens (tertiary/aromatic N) is 1. The molecule has 0 aliphatic heterocycles. The molecule has 0 radical (unpaired) electrons. The Morgan fingerprint density at radius 3 is 1.90 bits per heavy atom. The molecule has 0 fully saturated rings. The Morgan fingerprint density at radius 1 is 1.07 bits per heavy atom. The van der Waals surface area contributed by atoms with Crippen molar-refractivity contribution in [1.29, 1.82) is 0 Å². The highest BCUT2D eigenvalue weighted by Gasteiger charge is 2.24. The Labute approximate surface area is 175 Å². The zero-order chi connectivity index (χ0) is 22.6. The van der Waals surface area contributed by atoms with E-state index in [9.17, 15) is 29.6 Å². The van der Waals surface area contributed by atoms with Gasteiger partial charge in [-0.1, -0.05) is 23.2 Å². The van der Waals surface area contributed by atoms with Crippen LogP contribution in [0.25, 0.3) is 0 Å². The summed E-state index contributed by atoms with van der Waals surface area (Å²) in [5, 5.41) is 48.0. The molecule has 2 unspecified atom stereocenters. The Hall–Kier alpha value is -2.47. The summed E-state index contributed by atoms with van der Waals surface area (Å²) in [5.41, 5.74) is 0.169. The number of aliphatic hydroxyl groups excluding tert-OH is 2. The van der Waals surface area contributed by atoms with Crippen LogP contribution < -0.4 is 5.32 Å². The van der Waals surface area contributed by atoms with Gasteiger partial charge in [0, 0.05) is 25.0 Å². The summed E-state index contributed by atoms with van der Waals surface area (Å²) in [6.45, 7) is -0.551. The summed E-state index contributed by atoms with van der Waals surface area (Å²) in [7, 11) is 0. The normalized spacial score (nSPS) is 12.3. The van der Waals surface area contributed by atoms with Gasteiger partial charge >= 0.3 is 11.9 Å². The second-order valence-corrected chi connectivity index (χ2v) is 6.63. The monoisotopic (exact) mass is 454 g/mol. The van der Waals surface area contributed by atoms with Gasteiger partial charge < -0.3 is 25.7 Å². The summed E-state index contributed by atoms with van der Waals surface area (Å²) in [6, 6.07) is 4.05. The number of rotatable bonds is 10. The third-order valence-electron chi connectivity index (χ3n) is 3.33. The summed E-state index contributed by atoms with van der Waals surface area (Å²) in [4.78, 5) is 39.5. The molecule has 29 heavy (non-hydrogen) atoms. The number of nitrogens with one attached hydrogen (secondary N) is 1. The molecule has 1 rings (SSSR count). The number of carboxylic acid groups (broad SMARTS) is 2. The molecule has 1 aromatic carbocycles. The van der Waals surface area contributed by atoms with Gasteiger partial charge in [-0.3, -0.25) is 24.5 Å². The first-order valence-electron chi connectivity index (χ1n) is 8.05. The zero-order valence-electron chi connectivity index (χ0n) is 14.9. The molecule has 1 aromatic rings. The highest BCUT2D eigenvalue weighted by molar-refractivity contribution is 6.53. The fourth-order valence-electron chi connectivity index (χ4n) is 1.89. The highest BCUT2D eigenvalue weighted by Crippen LogP contribution is 2.20. The fraction of sp³-hybridized carbons (Fsp3) is 0.438. The van der Waals surface area contributed by atoms with Gasteiger partial charge in [0.05, 0.1) is 17.6 Å². The molecule has 5 N–H and O–H groups in total. The van der Waals surface area contributed by atoms with E-state index >= 15 is 0 Å². The van der Waals surface area contributed by atoms with Crippen LogP contribution in [-0.4, -0.2) is 60.7 Å². The van der Waals surface area contributed by atoms with Crippen LogP contribution in [-0.2, 0) is 14.4 Å². The van der Waals surface area contributed by atoms with Crippen molar-refractivity contribution in [1.82, 2.24) is 5.32 Å². The number of halogens is 2. The summed E-state index contributed by atoms with van der Waals surface area (Å²) >= 11 is 10.7. The molecule has 11 nitrogen and oxygen atoms in total. The van der Waals surface area contributed by atoms with Gasteiger partial charge in [-0.15, -0.1) is 0 Å². The molecule has 0 aliphatic rings. The number of nitro groups is 1. The minimum atomic E-state index is -1.33. The molecule has 0 saturated carbocycles. The van der Waals surface area contributed by atoms with Gasteiger partial charge in [-0.25, -0.2) is 0 Å². The van der Waals surface area contributed by atoms with Gasteiger partial charge in [0.1, 0.15) is 6.10 Å². The van der Waals surface area contributed by atoms with E-state index in [4.69, 9.17) is 38.5 Å². The lowest BCUT2D eigenvalue weighted by atomic mass is 10.0. The van der Waals surface area contributed by atoms with E-state index < -0.39 is 46.4 Å². The lowest BCUT2D eigenvalue weighted by Gasteiger charge is -2.22. The molecule has 0 aliphatic carbocycles. The van der Waals surface area contributed by atoms with Crippen molar-refractivity contribution in [3.63, 3.8) is 0 Å². The second-order valence-electron chi connectivity index (χ2n) is 5.53. The molecule has 0 bridgehead atoms. The number of benzene rings is 1. The minimum absolute atomic E-state index is 0.0632. The summed E-state index contributed by atoms with van der Waals surface area (Å²) in [6.07, 6.45) is -1.17.